The lowest BCUT2D eigenvalue weighted by Crippen LogP contribution is -2.22. The Hall–Kier alpha value is -1.30. The van der Waals surface area contributed by atoms with Gasteiger partial charge in [-0.2, -0.15) is 5.26 Å². The number of nitriles is 1. The van der Waals surface area contributed by atoms with E-state index >= 15 is 0 Å². The highest BCUT2D eigenvalue weighted by Gasteiger charge is 2.26. The molecule has 1 fully saturated rings. The number of rotatable bonds is 2. The van der Waals surface area contributed by atoms with Gasteiger partial charge in [0.1, 0.15) is 0 Å². The van der Waals surface area contributed by atoms with Crippen LogP contribution >= 0.6 is 0 Å². The van der Waals surface area contributed by atoms with E-state index in [4.69, 9.17) is 10.00 Å². The van der Waals surface area contributed by atoms with Crippen LogP contribution in [-0.2, 0) is 9.53 Å². The zero-order valence-electron chi connectivity index (χ0n) is 8.45. The average Bonchev–Trinajstić information content (AvgIpc) is 2.19. The summed E-state index contributed by atoms with van der Waals surface area (Å²) in [6, 6.07) is 1.99. The molecule has 3 heteroatoms. The van der Waals surface area contributed by atoms with E-state index in [2.05, 4.69) is 0 Å². The number of ether oxygens (including phenoxy) is 1. The fourth-order valence-electron chi connectivity index (χ4n) is 1.80. The van der Waals surface area contributed by atoms with Crippen molar-refractivity contribution in [3.63, 3.8) is 0 Å². The minimum absolute atomic E-state index is 0.164. The zero-order chi connectivity index (χ0) is 10.4. The summed E-state index contributed by atoms with van der Waals surface area (Å²) in [5.74, 6) is -0.336. The molecule has 1 aliphatic rings. The summed E-state index contributed by atoms with van der Waals surface area (Å²) >= 11 is 0. The van der Waals surface area contributed by atoms with Gasteiger partial charge in [0.15, 0.2) is 0 Å². The van der Waals surface area contributed by atoms with Crippen molar-refractivity contribution < 1.29 is 9.53 Å². The smallest absolute Gasteiger partial charge is 0.313 e. The van der Waals surface area contributed by atoms with Crippen molar-refractivity contribution in [3.05, 3.63) is 11.6 Å². The Bertz CT molecular complexity index is 276. The first-order valence-electron chi connectivity index (χ1n) is 5.04. The molecular weight excluding hydrogens is 178 g/mol. The zero-order valence-corrected chi connectivity index (χ0v) is 8.45. The van der Waals surface area contributed by atoms with E-state index in [0.29, 0.717) is 6.61 Å². The fraction of sp³-hybridized carbons (Fsp3) is 0.636. The molecule has 1 unspecified atom stereocenters. The minimum atomic E-state index is -0.172. The van der Waals surface area contributed by atoms with Crippen LogP contribution in [0.4, 0.5) is 0 Å². The summed E-state index contributed by atoms with van der Waals surface area (Å²) in [7, 11) is 0. The van der Waals surface area contributed by atoms with Crippen LogP contribution < -0.4 is 0 Å². The van der Waals surface area contributed by atoms with Crippen molar-refractivity contribution in [3.8, 4) is 6.07 Å². The van der Waals surface area contributed by atoms with Gasteiger partial charge < -0.3 is 4.74 Å². The van der Waals surface area contributed by atoms with Crippen LogP contribution in [0.2, 0.25) is 0 Å². The molecule has 0 amide bonds. The highest BCUT2D eigenvalue weighted by atomic mass is 16.5. The largest absolute Gasteiger partial charge is 0.466 e. The number of hydrogen-bond donors (Lipinski definition) is 0. The Morgan fingerprint density at radius 1 is 1.71 bits per heavy atom. The predicted octanol–water partition coefficient (Wildman–Crippen LogP) is 2.19. The SMILES string of the molecule is CCOC(=O)C1CCCC/C1=C/C#N. The van der Waals surface area contributed by atoms with Gasteiger partial charge in [-0.3, -0.25) is 4.79 Å². The van der Waals surface area contributed by atoms with Gasteiger partial charge in [0, 0.05) is 6.08 Å². The predicted molar refractivity (Wildman–Crippen MR) is 52.3 cm³/mol. The van der Waals surface area contributed by atoms with Gasteiger partial charge in [-0.15, -0.1) is 0 Å². The fourth-order valence-corrected chi connectivity index (χ4v) is 1.80. The summed E-state index contributed by atoms with van der Waals surface area (Å²) in [5.41, 5.74) is 0.942. The Labute approximate surface area is 84.4 Å². The standard InChI is InChI=1S/C11H15NO2/c1-2-14-11(13)10-6-4-3-5-9(10)7-8-12/h7,10H,2-6H2,1H3/b9-7-. The van der Waals surface area contributed by atoms with E-state index in [1.165, 1.54) is 6.08 Å². The van der Waals surface area contributed by atoms with E-state index in [1.807, 2.05) is 6.07 Å². The Morgan fingerprint density at radius 2 is 2.50 bits per heavy atom. The molecule has 76 valence electrons. The van der Waals surface area contributed by atoms with Crippen LogP contribution in [0, 0.1) is 17.2 Å². The third-order valence-electron chi connectivity index (χ3n) is 2.48. The molecule has 1 aliphatic carbocycles. The van der Waals surface area contributed by atoms with Crippen molar-refractivity contribution >= 4 is 5.97 Å². The van der Waals surface area contributed by atoms with Crippen LogP contribution in [-0.4, -0.2) is 12.6 Å². The molecule has 1 saturated carbocycles. The molecule has 0 spiro atoms. The van der Waals surface area contributed by atoms with E-state index in [1.54, 1.807) is 6.92 Å². The van der Waals surface area contributed by atoms with E-state index in [0.717, 1.165) is 31.3 Å². The lowest BCUT2D eigenvalue weighted by molar-refractivity contribution is -0.147. The number of carbonyl (C=O) groups is 1. The molecule has 0 aromatic rings. The van der Waals surface area contributed by atoms with Gasteiger partial charge in [0.2, 0.25) is 0 Å². The topological polar surface area (TPSA) is 50.1 Å². The normalized spacial score (nSPS) is 24.3. The van der Waals surface area contributed by atoms with Crippen LogP contribution in [0.25, 0.3) is 0 Å². The second-order valence-electron chi connectivity index (χ2n) is 3.40. The van der Waals surface area contributed by atoms with Gasteiger partial charge in [-0.1, -0.05) is 6.42 Å². The molecule has 0 aliphatic heterocycles. The third-order valence-corrected chi connectivity index (χ3v) is 2.48. The quantitative estimate of drug-likeness (QED) is 0.499. The first-order valence-corrected chi connectivity index (χ1v) is 5.04. The van der Waals surface area contributed by atoms with Crippen LogP contribution in [0.5, 0.6) is 0 Å². The summed E-state index contributed by atoms with van der Waals surface area (Å²) in [4.78, 5) is 11.5. The molecule has 1 rings (SSSR count). The van der Waals surface area contributed by atoms with Gasteiger partial charge in [-0.25, -0.2) is 0 Å². The first kappa shape index (κ1) is 10.8. The average molecular weight is 193 g/mol. The van der Waals surface area contributed by atoms with Gasteiger partial charge in [0.25, 0.3) is 0 Å². The summed E-state index contributed by atoms with van der Waals surface area (Å²) < 4.78 is 4.97. The molecule has 0 radical (unpaired) electrons. The maximum absolute atomic E-state index is 11.5. The van der Waals surface area contributed by atoms with Gasteiger partial charge >= 0.3 is 5.97 Å². The summed E-state index contributed by atoms with van der Waals surface area (Å²) in [6.07, 6.45) is 5.31. The number of esters is 1. The minimum Gasteiger partial charge on any atom is -0.466 e. The molecule has 0 aromatic carbocycles. The van der Waals surface area contributed by atoms with Crippen molar-refractivity contribution in [2.75, 3.05) is 6.61 Å². The van der Waals surface area contributed by atoms with Crippen molar-refractivity contribution in [2.24, 2.45) is 5.92 Å². The van der Waals surface area contributed by atoms with Gasteiger partial charge in [0.05, 0.1) is 18.6 Å². The second-order valence-corrected chi connectivity index (χ2v) is 3.40. The lowest BCUT2D eigenvalue weighted by Gasteiger charge is -2.22. The van der Waals surface area contributed by atoms with Crippen LogP contribution in [0.15, 0.2) is 11.6 Å². The maximum Gasteiger partial charge on any atom is 0.313 e. The second kappa shape index (κ2) is 5.43. The first-order chi connectivity index (χ1) is 6.79. The Balaban J connectivity index is 2.68. The monoisotopic (exact) mass is 193 g/mol. The molecule has 0 N–H and O–H groups in total. The molecule has 14 heavy (non-hydrogen) atoms. The Morgan fingerprint density at radius 3 is 3.14 bits per heavy atom. The molecule has 0 bridgehead atoms. The molecular formula is C11H15NO2. The third kappa shape index (κ3) is 2.59. The lowest BCUT2D eigenvalue weighted by atomic mass is 9.84. The molecule has 1 atom stereocenters. The number of allylic oxidation sites excluding steroid dienone is 1. The number of nitrogens with zero attached hydrogens (tertiary/aromatic N) is 1. The highest BCUT2D eigenvalue weighted by molar-refractivity contribution is 5.76. The summed E-state index contributed by atoms with van der Waals surface area (Å²) in [5, 5.41) is 8.57. The van der Waals surface area contributed by atoms with E-state index in [9.17, 15) is 4.79 Å². The van der Waals surface area contributed by atoms with Crippen LogP contribution in [0.1, 0.15) is 32.6 Å². The molecule has 0 saturated heterocycles. The molecule has 3 nitrogen and oxygen atoms in total. The van der Waals surface area contributed by atoms with E-state index < -0.39 is 0 Å². The molecule has 0 heterocycles. The van der Waals surface area contributed by atoms with E-state index in [-0.39, 0.29) is 11.9 Å². The van der Waals surface area contributed by atoms with Crippen molar-refractivity contribution in [2.45, 2.75) is 32.6 Å². The highest BCUT2D eigenvalue weighted by Crippen LogP contribution is 2.30. The van der Waals surface area contributed by atoms with Crippen LogP contribution in [0.3, 0.4) is 0 Å². The van der Waals surface area contributed by atoms with Crippen molar-refractivity contribution in [1.82, 2.24) is 0 Å². The Kier molecular flexibility index (Phi) is 4.18. The molecule has 0 aromatic heterocycles. The number of carbonyl (C=O) groups excluding carboxylic acids is 1. The summed E-state index contributed by atoms with van der Waals surface area (Å²) in [6.45, 7) is 2.21. The van der Waals surface area contributed by atoms with Crippen molar-refractivity contribution in [1.29, 1.82) is 5.26 Å². The van der Waals surface area contributed by atoms with Gasteiger partial charge in [-0.05, 0) is 31.8 Å². The maximum atomic E-state index is 11.5. The number of hydrogen-bond acceptors (Lipinski definition) is 3.